The topological polar surface area (TPSA) is 147 Å². The Labute approximate surface area is 201 Å². The zero-order valence-corrected chi connectivity index (χ0v) is 20.4. The number of amides is 1. The van der Waals surface area contributed by atoms with Crippen LogP contribution in [-0.2, 0) is 20.0 Å². The van der Waals surface area contributed by atoms with Crippen molar-refractivity contribution in [2.75, 3.05) is 4.72 Å². The van der Waals surface area contributed by atoms with E-state index in [0.29, 0.717) is 11.3 Å². The maximum Gasteiger partial charge on any atom is 0.275 e. The van der Waals surface area contributed by atoms with Crippen LogP contribution in [0.4, 0.5) is 5.69 Å². The molecule has 13 heteroatoms. The number of anilines is 1. The van der Waals surface area contributed by atoms with Crippen molar-refractivity contribution in [3.05, 3.63) is 71.4 Å². The van der Waals surface area contributed by atoms with Gasteiger partial charge in [0, 0.05) is 18.4 Å². The Hall–Kier alpha value is -3.13. The summed E-state index contributed by atoms with van der Waals surface area (Å²) in [6.07, 6.45) is 4.29. The molecule has 10 nitrogen and oxygen atoms in total. The fraction of sp³-hybridized carbons (Fsp3) is 0.190. The monoisotopic (exact) mass is 519 g/mol. The zero-order valence-electron chi connectivity index (χ0n) is 17.9. The summed E-state index contributed by atoms with van der Waals surface area (Å²) in [5, 5.41) is 5.69. The first-order chi connectivity index (χ1) is 16.2. The summed E-state index contributed by atoms with van der Waals surface area (Å²) in [7, 11) is -7.41. The molecule has 34 heavy (non-hydrogen) atoms. The van der Waals surface area contributed by atoms with Gasteiger partial charge in [0.15, 0.2) is 0 Å². The number of sulfonamides is 2. The molecular weight excluding hydrogens is 498 g/mol. The van der Waals surface area contributed by atoms with Gasteiger partial charge in [0.1, 0.15) is 4.21 Å². The van der Waals surface area contributed by atoms with Crippen molar-refractivity contribution >= 4 is 48.7 Å². The third-order valence-electron chi connectivity index (χ3n) is 4.88. The predicted molar refractivity (Wildman–Crippen MR) is 129 cm³/mol. The number of pyridine rings is 1. The molecule has 1 aliphatic rings. The van der Waals surface area contributed by atoms with Crippen molar-refractivity contribution < 1.29 is 21.6 Å². The highest BCUT2D eigenvalue weighted by Crippen LogP contribution is 2.23. The minimum Gasteiger partial charge on any atom is -0.278 e. The third kappa shape index (κ3) is 5.67. The average Bonchev–Trinajstić information content (AvgIpc) is 3.42. The van der Waals surface area contributed by atoms with E-state index in [4.69, 9.17) is 0 Å². The molecule has 0 unspecified atom stereocenters. The maximum absolute atomic E-state index is 12.7. The largest absolute Gasteiger partial charge is 0.278 e. The van der Waals surface area contributed by atoms with Crippen molar-refractivity contribution in [2.24, 2.45) is 5.10 Å². The van der Waals surface area contributed by atoms with Crippen LogP contribution in [0.5, 0.6) is 0 Å². The van der Waals surface area contributed by atoms with Crippen LogP contribution in [0.2, 0.25) is 0 Å². The summed E-state index contributed by atoms with van der Waals surface area (Å²) in [4.78, 5) is 16.7. The van der Waals surface area contributed by atoms with Gasteiger partial charge in [-0.25, -0.2) is 27.0 Å². The lowest BCUT2D eigenvalue weighted by atomic mass is 10.1. The highest BCUT2D eigenvalue weighted by Gasteiger charge is 2.28. The minimum absolute atomic E-state index is 0.00762. The molecule has 1 fully saturated rings. The minimum atomic E-state index is -3.85. The van der Waals surface area contributed by atoms with E-state index >= 15 is 0 Å². The molecular formula is C21H21N5O5S3. The second kappa shape index (κ2) is 9.62. The van der Waals surface area contributed by atoms with Crippen molar-refractivity contribution in [1.29, 1.82) is 0 Å². The molecule has 3 N–H and O–H groups in total. The van der Waals surface area contributed by atoms with Crippen molar-refractivity contribution in [3.63, 3.8) is 0 Å². The molecule has 1 saturated carbocycles. The summed E-state index contributed by atoms with van der Waals surface area (Å²) in [6.45, 7) is 1.65. The number of hydrogen-bond acceptors (Lipinski definition) is 8. The van der Waals surface area contributed by atoms with Crippen LogP contribution >= 0.6 is 11.3 Å². The highest BCUT2D eigenvalue weighted by atomic mass is 32.2. The van der Waals surface area contributed by atoms with Crippen LogP contribution in [0.25, 0.3) is 0 Å². The van der Waals surface area contributed by atoms with Crippen molar-refractivity contribution in [3.8, 4) is 0 Å². The molecule has 1 aliphatic carbocycles. The SMILES string of the molecule is C/C(=N/NC(=O)c1cnccc1NS(=O)(=O)c1cccs1)c1ccc(S(=O)(=O)NC2CC2)cc1. The normalized spacial score (nSPS) is 14.6. The fourth-order valence-electron chi connectivity index (χ4n) is 2.90. The number of rotatable bonds is 9. The highest BCUT2D eigenvalue weighted by molar-refractivity contribution is 7.94. The van der Waals surface area contributed by atoms with Crippen molar-refractivity contribution in [1.82, 2.24) is 15.1 Å². The molecule has 0 bridgehead atoms. The molecule has 0 spiro atoms. The molecule has 2 aromatic heterocycles. The number of carbonyl (C=O) groups is 1. The van der Waals surface area contributed by atoms with Crippen LogP contribution in [-0.4, -0.2) is 39.5 Å². The van der Waals surface area contributed by atoms with E-state index in [9.17, 15) is 21.6 Å². The Bertz CT molecular complexity index is 1430. The average molecular weight is 520 g/mol. The second-order valence-electron chi connectivity index (χ2n) is 7.52. The fourth-order valence-corrected chi connectivity index (χ4v) is 6.28. The van der Waals surface area contributed by atoms with E-state index in [0.717, 1.165) is 24.2 Å². The van der Waals surface area contributed by atoms with Crippen molar-refractivity contribution in [2.45, 2.75) is 34.9 Å². The number of carbonyl (C=O) groups excluding carboxylic acids is 1. The first kappa shape index (κ1) is 24.0. The lowest BCUT2D eigenvalue weighted by molar-refractivity contribution is 0.0955. The van der Waals surface area contributed by atoms with Gasteiger partial charge in [-0.05, 0) is 55.0 Å². The van der Waals surface area contributed by atoms with E-state index in [2.05, 4.69) is 25.0 Å². The number of hydrazone groups is 1. The van der Waals surface area contributed by atoms with Gasteiger partial charge in [-0.3, -0.25) is 14.5 Å². The first-order valence-electron chi connectivity index (χ1n) is 10.1. The number of aromatic nitrogens is 1. The lowest BCUT2D eigenvalue weighted by Crippen LogP contribution is -2.25. The molecule has 1 amide bonds. The maximum atomic E-state index is 12.7. The molecule has 0 radical (unpaired) electrons. The first-order valence-corrected chi connectivity index (χ1v) is 14.0. The summed E-state index contributed by atoms with van der Waals surface area (Å²) < 4.78 is 54.7. The Balaban J connectivity index is 1.46. The molecule has 3 aromatic rings. The number of thiophene rings is 1. The van der Waals surface area contributed by atoms with Gasteiger partial charge in [0.05, 0.1) is 21.9 Å². The van der Waals surface area contributed by atoms with Crippen LogP contribution in [0, 0.1) is 0 Å². The smallest absolute Gasteiger partial charge is 0.275 e. The van der Waals surface area contributed by atoms with E-state index in [1.54, 1.807) is 30.5 Å². The van der Waals surface area contributed by atoms with Gasteiger partial charge >= 0.3 is 0 Å². The molecule has 2 heterocycles. The van der Waals surface area contributed by atoms with Crippen LogP contribution in [0.1, 0.15) is 35.7 Å². The Kier molecular flexibility index (Phi) is 6.79. The summed E-state index contributed by atoms with van der Waals surface area (Å²) >= 11 is 1.05. The second-order valence-corrected chi connectivity index (χ2v) is 12.1. The molecule has 0 aliphatic heterocycles. The third-order valence-corrected chi connectivity index (χ3v) is 9.18. The van der Waals surface area contributed by atoms with E-state index in [1.807, 2.05) is 0 Å². The van der Waals surface area contributed by atoms with Gasteiger partial charge in [-0.1, -0.05) is 18.2 Å². The predicted octanol–water partition coefficient (Wildman–Crippen LogP) is 2.54. The Morgan fingerprint density at radius 1 is 1.06 bits per heavy atom. The number of nitrogens with one attached hydrogen (secondary N) is 3. The molecule has 178 valence electrons. The summed E-state index contributed by atoms with van der Waals surface area (Å²) in [5.74, 6) is -0.663. The quantitative estimate of drug-likeness (QED) is 0.292. The van der Waals surface area contributed by atoms with Gasteiger partial charge in [0.2, 0.25) is 10.0 Å². The van der Waals surface area contributed by atoms with Gasteiger partial charge in [-0.2, -0.15) is 5.10 Å². The standard InChI is InChI=1S/C21H21N5O5S3/c1-14(15-4-8-17(9-5-15)33(28,29)25-16-6-7-16)23-24-21(27)18-13-22-11-10-19(18)26-34(30,31)20-3-2-12-32-20/h2-5,8-13,16,25H,6-7H2,1H3,(H,22,26)(H,24,27)/b23-14-. The Morgan fingerprint density at radius 2 is 1.79 bits per heavy atom. The Morgan fingerprint density at radius 3 is 2.44 bits per heavy atom. The van der Waals surface area contributed by atoms with E-state index in [-0.39, 0.29) is 26.4 Å². The molecule has 1 aromatic carbocycles. The zero-order chi connectivity index (χ0) is 24.3. The van der Waals surface area contributed by atoms with Crippen LogP contribution in [0.15, 0.2) is 74.4 Å². The lowest BCUT2D eigenvalue weighted by Gasteiger charge is -2.10. The molecule has 0 atom stereocenters. The number of hydrogen-bond donors (Lipinski definition) is 3. The summed E-state index contributed by atoms with van der Waals surface area (Å²) in [6, 6.07) is 10.6. The van der Waals surface area contributed by atoms with Crippen LogP contribution in [0.3, 0.4) is 0 Å². The molecule has 4 rings (SSSR count). The van der Waals surface area contributed by atoms with Gasteiger partial charge < -0.3 is 0 Å². The van der Waals surface area contributed by atoms with E-state index in [1.165, 1.54) is 36.7 Å². The number of nitrogens with zero attached hydrogens (tertiary/aromatic N) is 2. The molecule has 0 saturated heterocycles. The van der Waals surface area contributed by atoms with Gasteiger partial charge in [-0.15, -0.1) is 11.3 Å². The van der Waals surface area contributed by atoms with E-state index < -0.39 is 26.0 Å². The van der Waals surface area contributed by atoms with Crippen LogP contribution < -0.4 is 14.9 Å². The number of benzene rings is 1. The van der Waals surface area contributed by atoms with Gasteiger partial charge in [0.25, 0.3) is 15.9 Å². The summed E-state index contributed by atoms with van der Waals surface area (Å²) in [5.41, 5.74) is 3.47.